The van der Waals surface area contributed by atoms with E-state index in [0.717, 1.165) is 54.5 Å². The number of aryl methyl sites for hydroxylation is 1. The smallest absolute Gasteiger partial charge is 0.266 e. The van der Waals surface area contributed by atoms with Crippen LogP contribution in [0.5, 0.6) is 0 Å². The summed E-state index contributed by atoms with van der Waals surface area (Å²) in [6.45, 7) is 10.0. The molecule has 8 nitrogen and oxygen atoms in total. The normalized spacial score (nSPS) is 14.9. The highest BCUT2D eigenvalue weighted by Crippen LogP contribution is 2.25. The molecule has 146 valence electrons. The van der Waals surface area contributed by atoms with Crippen LogP contribution in [-0.4, -0.2) is 50.9 Å². The van der Waals surface area contributed by atoms with Gasteiger partial charge in [-0.3, -0.25) is 9.78 Å². The number of nitrogens with zero attached hydrogens (tertiary/aromatic N) is 7. The molecule has 28 heavy (non-hydrogen) atoms. The van der Waals surface area contributed by atoms with E-state index in [1.165, 1.54) is 0 Å². The summed E-state index contributed by atoms with van der Waals surface area (Å²) in [6, 6.07) is 5.41. The molecule has 0 atom stereocenters. The molecule has 4 heterocycles. The Labute approximate surface area is 163 Å². The minimum atomic E-state index is -0.0485. The maximum atomic E-state index is 12.0. The minimum Gasteiger partial charge on any atom is -0.352 e. The van der Waals surface area contributed by atoms with Crippen molar-refractivity contribution in [2.75, 3.05) is 36.0 Å². The van der Waals surface area contributed by atoms with Crippen molar-refractivity contribution >= 4 is 22.5 Å². The van der Waals surface area contributed by atoms with E-state index in [4.69, 9.17) is 0 Å². The van der Waals surface area contributed by atoms with E-state index in [1.807, 2.05) is 19.1 Å². The van der Waals surface area contributed by atoms with Crippen molar-refractivity contribution in [1.82, 2.24) is 24.7 Å². The SMILES string of the molecule is Cc1nc(N2CCN(c3ccc(=O)n(CC(C)C)n3)CC2)c2ccncc2n1. The van der Waals surface area contributed by atoms with Gasteiger partial charge in [0.15, 0.2) is 0 Å². The molecule has 0 bridgehead atoms. The molecule has 1 aliphatic heterocycles. The van der Waals surface area contributed by atoms with Crippen molar-refractivity contribution in [3.05, 3.63) is 46.8 Å². The van der Waals surface area contributed by atoms with Crippen molar-refractivity contribution in [1.29, 1.82) is 0 Å². The van der Waals surface area contributed by atoms with Crippen LogP contribution >= 0.6 is 0 Å². The molecule has 0 radical (unpaired) electrons. The molecule has 3 aromatic rings. The molecule has 4 rings (SSSR count). The first kappa shape index (κ1) is 18.3. The number of pyridine rings is 1. The highest BCUT2D eigenvalue weighted by molar-refractivity contribution is 5.88. The Morgan fingerprint density at radius 3 is 2.54 bits per heavy atom. The zero-order valence-corrected chi connectivity index (χ0v) is 16.5. The minimum absolute atomic E-state index is 0.0485. The Kier molecular flexibility index (Phi) is 4.93. The van der Waals surface area contributed by atoms with E-state index in [1.54, 1.807) is 23.1 Å². The molecule has 0 spiro atoms. The van der Waals surface area contributed by atoms with Crippen LogP contribution in [0, 0.1) is 12.8 Å². The van der Waals surface area contributed by atoms with Gasteiger partial charge in [0.1, 0.15) is 17.5 Å². The molecule has 0 N–H and O–H groups in total. The summed E-state index contributed by atoms with van der Waals surface area (Å²) >= 11 is 0. The molecule has 0 aliphatic carbocycles. The highest BCUT2D eigenvalue weighted by atomic mass is 16.1. The van der Waals surface area contributed by atoms with Crippen molar-refractivity contribution < 1.29 is 0 Å². The van der Waals surface area contributed by atoms with Crippen LogP contribution in [0.3, 0.4) is 0 Å². The van der Waals surface area contributed by atoms with Crippen LogP contribution < -0.4 is 15.4 Å². The standard InChI is InChI=1S/C20H25N7O/c1-14(2)13-27-19(28)5-4-18(24-27)25-8-10-26(11-9-25)20-16-6-7-21-12-17(16)22-15(3)23-20/h4-7,12,14H,8-11,13H2,1-3H3. The molecule has 0 unspecified atom stereocenters. The monoisotopic (exact) mass is 379 g/mol. The van der Waals surface area contributed by atoms with Gasteiger partial charge in [-0.2, -0.15) is 5.10 Å². The lowest BCUT2D eigenvalue weighted by atomic mass is 10.2. The molecule has 0 saturated carbocycles. The summed E-state index contributed by atoms with van der Waals surface area (Å²) in [4.78, 5) is 29.9. The fraction of sp³-hybridized carbons (Fsp3) is 0.450. The number of fused-ring (bicyclic) bond motifs is 1. The second-order valence-corrected chi connectivity index (χ2v) is 7.57. The third-order valence-corrected chi connectivity index (χ3v) is 4.88. The highest BCUT2D eigenvalue weighted by Gasteiger charge is 2.22. The van der Waals surface area contributed by atoms with E-state index >= 15 is 0 Å². The van der Waals surface area contributed by atoms with Crippen molar-refractivity contribution in [3.8, 4) is 0 Å². The fourth-order valence-corrected chi connectivity index (χ4v) is 3.55. The average molecular weight is 379 g/mol. The lowest BCUT2D eigenvalue weighted by molar-refractivity contribution is 0.461. The van der Waals surface area contributed by atoms with Gasteiger partial charge >= 0.3 is 0 Å². The summed E-state index contributed by atoms with van der Waals surface area (Å²) in [6.07, 6.45) is 3.56. The third kappa shape index (κ3) is 3.67. The average Bonchev–Trinajstić information content (AvgIpc) is 2.69. The van der Waals surface area contributed by atoms with Gasteiger partial charge in [-0.25, -0.2) is 14.6 Å². The van der Waals surface area contributed by atoms with Crippen molar-refractivity contribution in [2.45, 2.75) is 27.3 Å². The molecule has 3 aromatic heterocycles. The van der Waals surface area contributed by atoms with Gasteiger partial charge in [0.05, 0.1) is 11.7 Å². The number of anilines is 2. The van der Waals surface area contributed by atoms with E-state index in [2.05, 4.69) is 43.7 Å². The van der Waals surface area contributed by atoms with Crippen LogP contribution in [0.4, 0.5) is 11.6 Å². The molecular formula is C20H25N7O. The van der Waals surface area contributed by atoms with Gasteiger partial charge in [-0.1, -0.05) is 13.8 Å². The first-order valence-corrected chi connectivity index (χ1v) is 9.67. The van der Waals surface area contributed by atoms with Gasteiger partial charge in [0, 0.05) is 50.4 Å². The van der Waals surface area contributed by atoms with Crippen LogP contribution in [0.2, 0.25) is 0 Å². The predicted molar refractivity (Wildman–Crippen MR) is 110 cm³/mol. The first-order chi connectivity index (χ1) is 13.5. The summed E-state index contributed by atoms with van der Waals surface area (Å²) in [5.41, 5.74) is 0.822. The number of aromatic nitrogens is 5. The van der Waals surface area contributed by atoms with Gasteiger partial charge in [0.2, 0.25) is 0 Å². The maximum absolute atomic E-state index is 12.0. The molecule has 0 aromatic carbocycles. The van der Waals surface area contributed by atoms with Crippen molar-refractivity contribution in [2.24, 2.45) is 5.92 Å². The Hall–Kier alpha value is -3.03. The zero-order valence-electron chi connectivity index (χ0n) is 16.5. The number of hydrogen-bond acceptors (Lipinski definition) is 7. The molecule has 0 amide bonds. The Balaban J connectivity index is 1.54. The lowest BCUT2D eigenvalue weighted by Crippen LogP contribution is -2.47. The van der Waals surface area contributed by atoms with E-state index < -0.39 is 0 Å². The van der Waals surface area contributed by atoms with Crippen LogP contribution in [0.1, 0.15) is 19.7 Å². The first-order valence-electron chi connectivity index (χ1n) is 9.67. The van der Waals surface area contributed by atoms with Crippen LogP contribution in [-0.2, 0) is 6.54 Å². The van der Waals surface area contributed by atoms with E-state index in [0.29, 0.717) is 12.5 Å². The molecule has 1 saturated heterocycles. The Morgan fingerprint density at radius 2 is 1.79 bits per heavy atom. The Morgan fingerprint density at radius 1 is 1.04 bits per heavy atom. The summed E-state index contributed by atoms with van der Waals surface area (Å²) in [7, 11) is 0. The molecule has 1 aliphatic rings. The number of hydrogen-bond donors (Lipinski definition) is 0. The van der Waals surface area contributed by atoms with Gasteiger partial charge < -0.3 is 9.80 Å². The van der Waals surface area contributed by atoms with Crippen LogP contribution in [0.15, 0.2) is 35.4 Å². The number of rotatable bonds is 4. The second-order valence-electron chi connectivity index (χ2n) is 7.57. The van der Waals surface area contributed by atoms with Gasteiger partial charge in [-0.05, 0) is 25.0 Å². The molecule has 1 fully saturated rings. The number of piperazine rings is 1. The van der Waals surface area contributed by atoms with Gasteiger partial charge in [-0.15, -0.1) is 0 Å². The third-order valence-electron chi connectivity index (χ3n) is 4.88. The van der Waals surface area contributed by atoms with Gasteiger partial charge in [0.25, 0.3) is 5.56 Å². The summed E-state index contributed by atoms with van der Waals surface area (Å²) < 4.78 is 1.57. The van der Waals surface area contributed by atoms with E-state index in [-0.39, 0.29) is 5.56 Å². The van der Waals surface area contributed by atoms with Crippen LogP contribution in [0.25, 0.3) is 10.9 Å². The largest absolute Gasteiger partial charge is 0.352 e. The molecule has 8 heteroatoms. The van der Waals surface area contributed by atoms with Crippen molar-refractivity contribution in [3.63, 3.8) is 0 Å². The summed E-state index contributed by atoms with van der Waals surface area (Å²) in [5, 5.41) is 5.60. The predicted octanol–water partition coefficient (Wildman–Crippen LogP) is 1.87. The zero-order chi connectivity index (χ0) is 19.7. The quantitative estimate of drug-likeness (QED) is 0.685. The second kappa shape index (κ2) is 7.53. The lowest BCUT2D eigenvalue weighted by Gasteiger charge is -2.36. The molecular weight excluding hydrogens is 354 g/mol. The fourth-order valence-electron chi connectivity index (χ4n) is 3.55. The van der Waals surface area contributed by atoms with E-state index in [9.17, 15) is 4.79 Å². The topological polar surface area (TPSA) is 80.0 Å². The maximum Gasteiger partial charge on any atom is 0.266 e. The Bertz CT molecular complexity index is 1040. The summed E-state index contributed by atoms with van der Waals surface area (Å²) in [5.74, 6) is 2.94.